The van der Waals surface area contributed by atoms with Crippen LogP contribution in [0.25, 0.3) is 0 Å². The molecular formula is C14H18F2N4O. The van der Waals surface area contributed by atoms with Crippen LogP contribution in [0.15, 0.2) is 30.6 Å². The summed E-state index contributed by atoms with van der Waals surface area (Å²) in [6, 6.07) is 6.24. The zero-order chi connectivity index (χ0) is 15.4. The summed E-state index contributed by atoms with van der Waals surface area (Å²) in [6.45, 7) is 1.20. The number of ether oxygens (including phenoxy) is 1. The first-order valence-corrected chi connectivity index (χ1v) is 6.66. The first kappa shape index (κ1) is 15.4. The third-order valence-corrected chi connectivity index (χ3v) is 3.07. The maximum Gasteiger partial charge on any atom is 0.387 e. The highest BCUT2D eigenvalue weighted by atomic mass is 19.3. The van der Waals surface area contributed by atoms with Gasteiger partial charge in [0.1, 0.15) is 17.9 Å². The van der Waals surface area contributed by atoms with Crippen molar-refractivity contribution in [3.8, 4) is 5.75 Å². The lowest BCUT2D eigenvalue weighted by Crippen LogP contribution is -2.18. The van der Waals surface area contributed by atoms with E-state index in [1.165, 1.54) is 18.5 Å². The molecule has 1 aromatic heterocycles. The van der Waals surface area contributed by atoms with Crippen molar-refractivity contribution in [1.29, 1.82) is 0 Å². The van der Waals surface area contributed by atoms with E-state index in [9.17, 15) is 8.78 Å². The molecule has 2 aromatic rings. The Morgan fingerprint density at radius 3 is 2.48 bits per heavy atom. The summed E-state index contributed by atoms with van der Waals surface area (Å²) in [5, 5.41) is 4.16. The summed E-state index contributed by atoms with van der Waals surface area (Å²) < 4.78 is 30.3. The van der Waals surface area contributed by atoms with Gasteiger partial charge >= 0.3 is 6.61 Å². The van der Waals surface area contributed by atoms with Crippen LogP contribution >= 0.6 is 0 Å². The summed E-state index contributed by atoms with van der Waals surface area (Å²) in [5.74, 6) is 0.914. The van der Waals surface area contributed by atoms with Crippen molar-refractivity contribution in [2.75, 3.05) is 0 Å². The van der Waals surface area contributed by atoms with E-state index in [1.807, 2.05) is 18.5 Å². The number of aromatic nitrogens is 3. The molecule has 1 unspecified atom stereocenters. The molecule has 0 aliphatic rings. The van der Waals surface area contributed by atoms with E-state index >= 15 is 0 Å². The summed E-state index contributed by atoms with van der Waals surface area (Å²) in [6.07, 6.45) is 2.02. The molecule has 0 saturated heterocycles. The summed E-state index contributed by atoms with van der Waals surface area (Å²) in [5.41, 5.74) is 6.97. The maximum absolute atomic E-state index is 12.1. The van der Waals surface area contributed by atoms with E-state index in [4.69, 9.17) is 5.73 Å². The largest absolute Gasteiger partial charge is 0.435 e. The number of halogens is 2. The smallest absolute Gasteiger partial charge is 0.387 e. The first-order chi connectivity index (χ1) is 9.97. The fourth-order valence-electron chi connectivity index (χ4n) is 2.06. The Balaban J connectivity index is 2.06. The minimum Gasteiger partial charge on any atom is -0.435 e. The molecule has 1 heterocycles. The summed E-state index contributed by atoms with van der Waals surface area (Å²) in [4.78, 5) is 4.21. The van der Waals surface area contributed by atoms with Crippen LogP contribution in [0.2, 0.25) is 0 Å². The van der Waals surface area contributed by atoms with Crippen LogP contribution in [0.4, 0.5) is 8.78 Å². The molecule has 1 atom stereocenters. The monoisotopic (exact) mass is 296 g/mol. The molecular weight excluding hydrogens is 278 g/mol. The number of hydrogen-bond donors (Lipinski definition) is 1. The van der Waals surface area contributed by atoms with Gasteiger partial charge in [-0.05, 0) is 31.5 Å². The molecule has 0 spiro atoms. The van der Waals surface area contributed by atoms with Crippen molar-refractivity contribution in [3.05, 3.63) is 42.0 Å². The van der Waals surface area contributed by atoms with Gasteiger partial charge in [0.25, 0.3) is 0 Å². The Morgan fingerprint density at radius 1 is 1.24 bits per heavy atom. The van der Waals surface area contributed by atoms with E-state index in [0.717, 1.165) is 11.4 Å². The highest BCUT2D eigenvalue weighted by molar-refractivity contribution is 5.29. The van der Waals surface area contributed by atoms with Crippen LogP contribution in [-0.4, -0.2) is 21.4 Å². The molecule has 2 rings (SSSR count). The number of alkyl halides is 2. The lowest BCUT2D eigenvalue weighted by atomic mass is 10.0. The van der Waals surface area contributed by atoms with Crippen LogP contribution in [0.5, 0.6) is 5.75 Å². The lowest BCUT2D eigenvalue weighted by molar-refractivity contribution is -0.0498. The van der Waals surface area contributed by atoms with Gasteiger partial charge in [0, 0.05) is 18.5 Å². The van der Waals surface area contributed by atoms with Crippen LogP contribution in [-0.2, 0) is 6.42 Å². The Bertz CT molecular complexity index is 569. The van der Waals surface area contributed by atoms with E-state index in [1.54, 1.807) is 12.1 Å². The molecule has 0 fully saturated rings. The van der Waals surface area contributed by atoms with Crippen molar-refractivity contribution >= 4 is 0 Å². The summed E-state index contributed by atoms with van der Waals surface area (Å²) >= 11 is 0. The topological polar surface area (TPSA) is 66.0 Å². The highest BCUT2D eigenvalue weighted by Gasteiger charge is 2.14. The molecule has 2 N–H and O–H groups in total. The van der Waals surface area contributed by atoms with Crippen molar-refractivity contribution < 1.29 is 13.5 Å². The molecule has 0 radical (unpaired) electrons. The fraction of sp³-hybridized carbons (Fsp3) is 0.429. The van der Waals surface area contributed by atoms with E-state index in [2.05, 4.69) is 14.8 Å². The lowest BCUT2D eigenvalue weighted by Gasteiger charge is -2.15. The van der Waals surface area contributed by atoms with Crippen molar-refractivity contribution in [2.24, 2.45) is 5.73 Å². The summed E-state index contributed by atoms with van der Waals surface area (Å²) in [7, 11) is 0. The van der Waals surface area contributed by atoms with E-state index in [0.29, 0.717) is 6.42 Å². The third-order valence-electron chi connectivity index (χ3n) is 3.07. The minimum absolute atomic E-state index is 0.117. The fourth-order valence-corrected chi connectivity index (χ4v) is 2.06. The van der Waals surface area contributed by atoms with Crippen molar-refractivity contribution in [3.63, 3.8) is 0 Å². The van der Waals surface area contributed by atoms with Crippen LogP contribution < -0.4 is 10.5 Å². The van der Waals surface area contributed by atoms with Gasteiger partial charge in [-0.3, -0.25) is 0 Å². The van der Waals surface area contributed by atoms with Crippen LogP contribution in [0, 0.1) is 0 Å². The first-order valence-electron chi connectivity index (χ1n) is 6.66. The predicted molar refractivity (Wildman–Crippen MR) is 74.1 cm³/mol. The van der Waals surface area contributed by atoms with Gasteiger partial charge in [-0.2, -0.15) is 13.9 Å². The number of nitrogens with zero attached hydrogens (tertiary/aromatic N) is 3. The third kappa shape index (κ3) is 3.98. The van der Waals surface area contributed by atoms with Gasteiger partial charge in [-0.25, -0.2) is 9.67 Å². The predicted octanol–water partition coefficient (Wildman–Crippen LogP) is 2.70. The normalized spacial score (nSPS) is 12.9. The number of benzene rings is 1. The molecule has 21 heavy (non-hydrogen) atoms. The zero-order valence-corrected chi connectivity index (χ0v) is 11.9. The van der Waals surface area contributed by atoms with Gasteiger partial charge in [0.2, 0.25) is 0 Å². The Labute approximate surface area is 121 Å². The average molecular weight is 296 g/mol. The van der Waals surface area contributed by atoms with E-state index in [-0.39, 0.29) is 17.8 Å². The zero-order valence-electron chi connectivity index (χ0n) is 11.9. The van der Waals surface area contributed by atoms with Gasteiger partial charge in [0.05, 0.1) is 0 Å². The van der Waals surface area contributed by atoms with E-state index < -0.39 is 6.61 Å². The quantitative estimate of drug-likeness (QED) is 0.890. The van der Waals surface area contributed by atoms with Gasteiger partial charge < -0.3 is 10.5 Å². The SMILES string of the molecule is CC(C)n1ncnc1CC(N)c1ccc(OC(F)F)cc1. The molecule has 114 valence electrons. The van der Waals surface area contributed by atoms with Gasteiger partial charge in [-0.1, -0.05) is 12.1 Å². The minimum atomic E-state index is -2.82. The molecule has 7 heteroatoms. The van der Waals surface area contributed by atoms with Crippen molar-refractivity contribution in [1.82, 2.24) is 14.8 Å². The maximum atomic E-state index is 12.1. The second kappa shape index (κ2) is 6.62. The Hall–Kier alpha value is -2.02. The number of rotatable bonds is 6. The molecule has 0 amide bonds. The van der Waals surface area contributed by atoms with Gasteiger partial charge in [0.15, 0.2) is 0 Å². The number of hydrogen-bond acceptors (Lipinski definition) is 4. The molecule has 0 aliphatic carbocycles. The van der Waals surface area contributed by atoms with Crippen LogP contribution in [0.1, 0.15) is 37.3 Å². The highest BCUT2D eigenvalue weighted by Crippen LogP contribution is 2.20. The van der Waals surface area contributed by atoms with Crippen LogP contribution in [0.3, 0.4) is 0 Å². The molecule has 1 aromatic carbocycles. The molecule has 5 nitrogen and oxygen atoms in total. The Kier molecular flexibility index (Phi) is 4.85. The standard InChI is InChI=1S/C14H18F2N4O/c1-9(2)20-13(18-8-19-20)7-12(17)10-3-5-11(6-4-10)21-14(15)16/h3-6,8-9,12,14H,7,17H2,1-2H3. The van der Waals surface area contributed by atoms with Gasteiger partial charge in [-0.15, -0.1) is 0 Å². The number of nitrogens with two attached hydrogens (primary N) is 1. The second-order valence-corrected chi connectivity index (χ2v) is 4.97. The Morgan fingerprint density at radius 2 is 1.90 bits per heavy atom. The molecule has 0 bridgehead atoms. The molecule has 0 aliphatic heterocycles. The molecule has 0 saturated carbocycles. The second-order valence-electron chi connectivity index (χ2n) is 4.97. The average Bonchev–Trinajstić information content (AvgIpc) is 2.87. The van der Waals surface area contributed by atoms with Crippen molar-refractivity contribution in [2.45, 2.75) is 39.0 Å².